The van der Waals surface area contributed by atoms with Crippen molar-refractivity contribution in [2.24, 2.45) is 0 Å². The maximum absolute atomic E-state index is 5.16. The predicted molar refractivity (Wildman–Crippen MR) is 71.6 cm³/mol. The lowest BCUT2D eigenvalue weighted by Crippen LogP contribution is -1.85. The Morgan fingerprint density at radius 1 is 1.18 bits per heavy atom. The van der Waals surface area contributed by atoms with Gasteiger partial charge in [-0.3, -0.25) is 4.98 Å². The quantitative estimate of drug-likeness (QED) is 0.677. The Morgan fingerprint density at radius 3 is 2.88 bits per heavy atom. The monoisotopic (exact) mass is 241 g/mol. The SMILES string of the molecule is COc1cnc2cc(-c3cccs3)ccc2c1. The molecule has 2 aromatic heterocycles. The van der Waals surface area contributed by atoms with E-state index in [2.05, 4.69) is 40.7 Å². The van der Waals surface area contributed by atoms with Crippen molar-refractivity contribution in [1.29, 1.82) is 0 Å². The highest BCUT2D eigenvalue weighted by molar-refractivity contribution is 7.13. The van der Waals surface area contributed by atoms with Crippen molar-refractivity contribution in [3.8, 4) is 16.2 Å². The Morgan fingerprint density at radius 2 is 2.12 bits per heavy atom. The highest BCUT2D eigenvalue weighted by Gasteiger charge is 2.02. The minimum absolute atomic E-state index is 0.793. The van der Waals surface area contributed by atoms with Crippen LogP contribution in [0, 0.1) is 0 Å². The Bertz CT molecular complexity index is 646. The zero-order valence-corrected chi connectivity index (χ0v) is 10.2. The number of rotatable bonds is 2. The van der Waals surface area contributed by atoms with E-state index in [0.717, 1.165) is 16.7 Å². The minimum atomic E-state index is 0.793. The van der Waals surface area contributed by atoms with Gasteiger partial charge in [0.25, 0.3) is 0 Å². The van der Waals surface area contributed by atoms with Crippen molar-refractivity contribution in [2.75, 3.05) is 7.11 Å². The molecule has 0 amide bonds. The van der Waals surface area contributed by atoms with E-state index in [1.165, 1.54) is 10.4 Å². The number of methoxy groups -OCH3 is 1. The first-order valence-electron chi connectivity index (χ1n) is 5.34. The molecule has 0 unspecified atom stereocenters. The van der Waals surface area contributed by atoms with Crippen LogP contribution in [0.1, 0.15) is 0 Å². The summed E-state index contributed by atoms with van der Waals surface area (Å²) in [5, 5.41) is 3.19. The second-order valence-corrected chi connectivity index (χ2v) is 4.71. The van der Waals surface area contributed by atoms with E-state index in [4.69, 9.17) is 4.74 Å². The van der Waals surface area contributed by atoms with Crippen LogP contribution in [0.5, 0.6) is 5.75 Å². The summed E-state index contributed by atoms with van der Waals surface area (Å²) >= 11 is 1.74. The fraction of sp³-hybridized carbons (Fsp3) is 0.0714. The average molecular weight is 241 g/mol. The van der Waals surface area contributed by atoms with E-state index < -0.39 is 0 Å². The van der Waals surface area contributed by atoms with Crippen LogP contribution in [0.25, 0.3) is 21.3 Å². The van der Waals surface area contributed by atoms with Gasteiger partial charge >= 0.3 is 0 Å². The van der Waals surface area contributed by atoms with Gasteiger partial charge in [-0.25, -0.2) is 0 Å². The molecule has 0 aliphatic carbocycles. The predicted octanol–water partition coefficient (Wildman–Crippen LogP) is 3.97. The molecule has 0 aliphatic rings. The normalized spacial score (nSPS) is 10.6. The van der Waals surface area contributed by atoms with Gasteiger partial charge in [0.15, 0.2) is 0 Å². The van der Waals surface area contributed by atoms with E-state index in [1.807, 2.05) is 6.07 Å². The van der Waals surface area contributed by atoms with Gasteiger partial charge in [0.2, 0.25) is 0 Å². The third-order valence-corrected chi connectivity index (χ3v) is 3.62. The third-order valence-electron chi connectivity index (χ3n) is 2.70. The van der Waals surface area contributed by atoms with E-state index in [-0.39, 0.29) is 0 Å². The molecule has 0 atom stereocenters. The van der Waals surface area contributed by atoms with Gasteiger partial charge in [-0.1, -0.05) is 18.2 Å². The van der Waals surface area contributed by atoms with Crippen molar-refractivity contribution in [2.45, 2.75) is 0 Å². The van der Waals surface area contributed by atoms with Gasteiger partial charge in [-0.2, -0.15) is 0 Å². The first-order chi connectivity index (χ1) is 8.36. The summed E-state index contributed by atoms with van der Waals surface area (Å²) in [5.41, 5.74) is 2.21. The van der Waals surface area contributed by atoms with Gasteiger partial charge in [0.05, 0.1) is 18.8 Å². The highest BCUT2D eigenvalue weighted by atomic mass is 32.1. The van der Waals surface area contributed by atoms with Crippen LogP contribution in [-0.4, -0.2) is 12.1 Å². The summed E-state index contributed by atoms with van der Waals surface area (Å²) in [4.78, 5) is 5.67. The zero-order chi connectivity index (χ0) is 11.7. The third kappa shape index (κ3) is 1.89. The van der Waals surface area contributed by atoms with E-state index in [9.17, 15) is 0 Å². The zero-order valence-electron chi connectivity index (χ0n) is 9.38. The summed E-state index contributed by atoms with van der Waals surface area (Å²) in [6.07, 6.45) is 1.75. The van der Waals surface area contributed by atoms with Crippen LogP contribution >= 0.6 is 11.3 Å². The fourth-order valence-electron chi connectivity index (χ4n) is 1.81. The number of aromatic nitrogens is 1. The largest absolute Gasteiger partial charge is 0.495 e. The van der Waals surface area contributed by atoms with Crippen molar-refractivity contribution in [1.82, 2.24) is 4.98 Å². The summed E-state index contributed by atoms with van der Waals surface area (Å²) in [7, 11) is 1.66. The molecule has 0 saturated heterocycles. The number of nitrogens with zero attached hydrogens (tertiary/aromatic N) is 1. The van der Waals surface area contributed by atoms with Crippen molar-refractivity contribution >= 4 is 22.2 Å². The molecule has 0 aliphatic heterocycles. The molecule has 84 valence electrons. The van der Waals surface area contributed by atoms with Gasteiger partial charge in [-0.05, 0) is 29.1 Å². The molecule has 2 heterocycles. The number of ether oxygens (including phenoxy) is 1. The molecular formula is C14H11NOS. The van der Waals surface area contributed by atoms with E-state index in [1.54, 1.807) is 24.6 Å². The lowest BCUT2D eigenvalue weighted by Gasteiger charge is -2.03. The van der Waals surface area contributed by atoms with Crippen LogP contribution in [0.4, 0.5) is 0 Å². The smallest absolute Gasteiger partial charge is 0.137 e. The molecule has 3 heteroatoms. The second kappa shape index (κ2) is 4.18. The van der Waals surface area contributed by atoms with Crippen molar-refractivity contribution in [3.63, 3.8) is 0 Å². The number of fused-ring (bicyclic) bond motifs is 1. The first-order valence-corrected chi connectivity index (χ1v) is 6.22. The number of hydrogen-bond acceptors (Lipinski definition) is 3. The van der Waals surface area contributed by atoms with Crippen LogP contribution in [0.2, 0.25) is 0 Å². The summed E-state index contributed by atoms with van der Waals surface area (Å²) in [6.45, 7) is 0. The summed E-state index contributed by atoms with van der Waals surface area (Å²) < 4.78 is 5.16. The number of benzene rings is 1. The van der Waals surface area contributed by atoms with Crippen LogP contribution in [0.15, 0.2) is 48.0 Å². The number of hydrogen-bond donors (Lipinski definition) is 0. The molecule has 1 aromatic carbocycles. The lowest BCUT2D eigenvalue weighted by atomic mass is 10.1. The molecular weight excluding hydrogens is 230 g/mol. The molecule has 0 spiro atoms. The van der Waals surface area contributed by atoms with Crippen LogP contribution in [0.3, 0.4) is 0 Å². The number of thiophene rings is 1. The molecule has 0 bridgehead atoms. The molecule has 0 fully saturated rings. The standard InChI is InChI=1S/C14H11NOS/c1-16-12-7-10-4-5-11(8-13(10)15-9-12)14-3-2-6-17-14/h2-9H,1H3. The Kier molecular flexibility index (Phi) is 2.53. The Hall–Kier alpha value is -1.87. The molecule has 2 nitrogen and oxygen atoms in total. The van der Waals surface area contributed by atoms with Gasteiger partial charge in [0.1, 0.15) is 5.75 Å². The van der Waals surface area contributed by atoms with Crippen molar-refractivity contribution < 1.29 is 4.74 Å². The molecule has 0 N–H and O–H groups in total. The van der Waals surface area contributed by atoms with Crippen LogP contribution in [-0.2, 0) is 0 Å². The second-order valence-electron chi connectivity index (χ2n) is 3.76. The topological polar surface area (TPSA) is 22.1 Å². The van der Waals surface area contributed by atoms with Gasteiger partial charge in [-0.15, -0.1) is 11.3 Å². The highest BCUT2D eigenvalue weighted by Crippen LogP contribution is 2.28. The minimum Gasteiger partial charge on any atom is -0.495 e. The van der Waals surface area contributed by atoms with Gasteiger partial charge in [0, 0.05) is 10.3 Å². The maximum Gasteiger partial charge on any atom is 0.137 e. The fourth-order valence-corrected chi connectivity index (χ4v) is 2.53. The molecule has 3 rings (SSSR count). The summed E-state index contributed by atoms with van der Waals surface area (Å²) in [5.74, 6) is 0.793. The van der Waals surface area contributed by atoms with E-state index in [0.29, 0.717) is 0 Å². The molecule has 17 heavy (non-hydrogen) atoms. The molecule has 0 radical (unpaired) electrons. The van der Waals surface area contributed by atoms with E-state index >= 15 is 0 Å². The van der Waals surface area contributed by atoms with Crippen molar-refractivity contribution in [3.05, 3.63) is 48.0 Å². The average Bonchev–Trinajstić information content (AvgIpc) is 2.91. The lowest BCUT2D eigenvalue weighted by molar-refractivity contribution is 0.414. The molecule has 0 saturated carbocycles. The number of pyridine rings is 1. The van der Waals surface area contributed by atoms with Crippen LogP contribution < -0.4 is 4.74 Å². The first kappa shape index (κ1) is 10.3. The Balaban J connectivity index is 2.14. The Labute approximate surface area is 104 Å². The summed E-state index contributed by atoms with van der Waals surface area (Å²) in [6, 6.07) is 12.5. The van der Waals surface area contributed by atoms with Gasteiger partial charge < -0.3 is 4.74 Å². The maximum atomic E-state index is 5.16. The molecule has 3 aromatic rings.